The average Bonchev–Trinajstić information content (AvgIpc) is 2.76. The fourth-order valence-electron chi connectivity index (χ4n) is 2.11. The van der Waals surface area contributed by atoms with E-state index in [9.17, 15) is 0 Å². The van der Waals surface area contributed by atoms with Crippen LogP contribution in [0.2, 0.25) is 0 Å². The lowest BCUT2D eigenvalue weighted by Crippen LogP contribution is -2.13. The summed E-state index contributed by atoms with van der Waals surface area (Å²) < 4.78 is 6.87. The van der Waals surface area contributed by atoms with Crippen LogP contribution in [0.15, 0.2) is 45.7 Å². The summed E-state index contributed by atoms with van der Waals surface area (Å²) in [6.45, 7) is 2.00. The molecule has 2 aromatic heterocycles. The zero-order valence-corrected chi connectivity index (χ0v) is 11.9. The van der Waals surface area contributed by atoms with Crippen LogP contribution in [0.25, 0.3) is 11.0 Å². The first-order chi connectivity index (χ1) is 9.16. The Balaban J connectivity index is 2.13. The Morgan fingerprint density at radius 3 is 2.89 bits per heavy atom. The van der Waals surface area contributed by atoms with Crippen molar-refractivity contribution in [2.45, 2.75) is 13.0 Å². The van der Waals surface area contributed by atoms with E-state index in [4.69, 9.17) is 10.2 Å². The van der Waals surface area contributed by atoms with E-state index in [-0.39, 0.29) is 0 Å². The van der Waals surface area contributed by atoms with Gasteiger partial charge in [-0.3, -0.25) is 9.97 Å². The third-order valence-corrected chi connectivity index (χ3v) is 3.61. The Morgan fingerprint density at radius 2 is 2.16 bits per heavy atom. The van der Waals surface area contributed by atoms with Crippen LogP contribution >= 0.6 is 15.9 Å². The molecule has 2 N–H and O–H groups in total. The summed E-state index contributed by atoms with van der Waals surface area (Å²) in [4.78, 5) is 8.26. The van der Waals surface area contributed by atoms with E-state index in [0.29, 0.717) is 5.69 Å². The summed E-state index contributed by atoms with van der Waals surface area (Å²) in [6, 6.07) is 5.50. The van der Waals surface area contributed by atoms with Gasteiger partial charge in [-0.25, -0.2) is 0 Å². The zero-order chi connectivity index (χ0) is 13.4. The van der Waals surface area contributed by atoms with Gasteiger partial charge in [0.2, 0.25) is 0 Å². The van der Waals surface area contributed by atoms with Gasteiger partial charge in [-0.1, -0.05) is 15.9 Å². The van der Waals surface area contributed by atoms with Crippen molar-refractivity contribution in [3.05, 3.63) is 58.3 Å². The molecule has 0 spiro atoms. The van der Waals surface area contributed by atoms with Crippen LogP contribution in [-0.2, 0) is 0 Å². The number of halogens is 1. The second-order valence-electron chi connectivity index (χ2n) is 4.34. The van der Waals surface area contributed by atoms with Gasteiger partial charge < -0.3 is 10.2 Å². The molecule has 0 radical (unpaired) electrons. The molecule has 1 atom stereocenters. The first kappa shape index (κ1) is 12.3. The van der Waals surface area contributed by atoms with Crippen molar-refractivity contribution in [2.24, 2.45) is 5.73 Å². The van der Waals surface area contributed by atoms with Crippen molar-refractivity contribution in [3.8, 4) is 0 Å². The van der Waals surface area contributed by atoms with Gasteiger partial charge in [-0.2, -0.15) is 0 Å². The summed E-state index contributed by atoms with van der Waals surface area (Å²) in [6.07, 6.45) is 4.91. The van der Waals surface area contributed by atoms with E-state index in [1.165, 1.54) is 0 Å². The van der Waals surface area contributed by atoms with Gasteiger partial charge >= 0.3 is 0 Å². The van der Waals surface area contributed by atoms with E-state index in [1.807, 2.05) is 25.1 Å². The molecule has 0 aliphatic heterocycles. The SMILES string of the molecule is Cc1c(C(N)c2cnccn2)oc2ccc(Br)cc12. The molecule has 0 saturated carbocycles. The lowest BCUT2D eigenvalue weighted by atomic mass is 10.1. The second-order valence-corrected chi connectivity index (χ2v) is 5.26. The number of hydrogen-bond donors (Lipinski definition) is 1. The van der Waals surface area contributed by atoms with Crippen molar-refractivity contribution in [2.75, 3.05) is 0 Å². The smallest absolute Gasteiger partial charge is 0.134 e. The number of aryl methyl sites for hydroxylation is 1. The Kier molecular flexibility index (Phi) is 3.08. The number of aromatic nitrogens is 2. The maximum atomic E-state index is 6.21. The number of hydrogen-bond acceptors (Lipinski definition) is 4. The molecule has 0 aliphatic carbocycles. The predicted octanol–water partition coefficient (Wildman–Crippen LogP) is 3.34. The number of fused-ring (bicyclic) bond motifs is 1. The topological polar surface area (TPSA) is 64.9 Å². The normalized spacial score (nSPS) is 12.8. The largest absolute Gasteiger partial charge is 0.459 e. The van der Waals surface area contributed by atoms with Gasteiger partial charge in [0.25, 0.3) is 0 Å². The van der Waals surface area contributed by atoms with E-state index in [2.05, 4.69) is 25.9 Å². The Labute approximate surface area is 118 Å². The molecule has 0 amide bonds. The molecule has 1 aromatic carbocycles. The number of rotatable bonds is 2. The minimum Gasteiger partial charge on any atom is -0.459 e. The molecule has 19 heavy (non-hydrogen) atoms. The fourth-order valence-corrected chi connectivity index (χ4v) is 2.48. The number of furan rings is 1. The molecule has 3 rings (SSSR count). The molecule has 4 nitrogen and oxygen atoms in total. The Morgan fingerprint density at radius 1 is 1.32 bits per heavy atom. The van der Waals surface area contributed by atoms with Gasteiger partial charge in [0, 0.05) is 27.8 Å². The van der Waals surface area contributed by atoms with Crippen molar-refractivity contribution in [3.63, 3.8) is 0 Å². The van der Waals surface area contributed by atoms with Crippen LogP contribution in [-0.4, -0.2) is 9.97 Å². The number of nitrogens with two attached hydrogens (primary N) is 1. The Hall–Kier alpha value is -1.72. The molecule has 2 heterocycles. The molecular weight excluding hydrogens is 306 g/mol. The highest BCUT2D eigenvalue weighted by molar-refractivity contribution is 9.10. The minimum absolute atomic E-state index is 0.403. The van der Waals surface area contributed by atoms with Crippen LogP contribution in [0.5, 0.6) is 0 Å². The predicted molar refractivity (Wildman–Crippen MR) is 76.7 cm³/mol. The van der Waals surface area contributed by atoms with Gasteiger partial charge in [-0.05, 0) is 25.1 Å². The molecule has 0 bridgehead atoms. The molecule has 0 saturated heterocycles. The molecule has 5 heteroatoms. The third kappa shape index (κ3) is 2.15. The highest BCUT2D eigenvalue weighted by Gasteiger charge is 2.19. The molecule has 3 aromatic rings. The third-order valence-electron chi connectivity index (χ3n) is 3.12. The number of benzene rings is 1. The Bertz CT molecular complexity index is 724. The molecule has 0 fully saturated rings. The first-order valence-electron chi connectivity index (χ1n) is 5.87. The molecular formula is C14H12BrN3O. The van der Waals surface area contributed by atoms with E-state index in [1.54, 1.807) is 18.6 Å². The molecule has 0 aliphatic rings. The number of nitrogens with zero attached hydrogens (tertiary/aromatic N) is 2. The minimum atomic E-state index is -0.403. The highest BCUT2D eigenvalue weighted by Crippen LogP contribution is 2.32. The summed E-state index contributed by atoms with van der Waals surface area (Å²) in [5.41, 5.74) is 8.77. The standard InChI is InChI=1S/C14H12BrN3O/c1-8-10-6-9(15)2-3-12(10)19-14(8)13(16)11-7-17-4-5-18-11/h2-7,13H,16H2,1H3. The van der Waals surface area contributed by atoms with Crippen LogP contribution < -0.4 is 5.73 Å². The fraction of sp³-hybridized carbons (Fsp3) is 0.143. The summed E-state index contributed by atoms with van der Waals surface area (Å²) in [5.74, 6) is 0.730. The van der Waals surface area contributed by atoms with Gasteiger partial charge in [-0.15, -0.1) is 0 Å². The van der Waals surface area contributed by atoms with Crippen LogP contribution in [0.3, 0.4) is 0 Å². The maximum Gasteiger partial charge on any atom is 0.134 e. The van der Waals surface area contributed by atoms with Crippen molar-refractivity contribution < 1.29 is 4.42 Å². The van der Waals surface area contributed by atoms with Crippen LogP contribution in [0, 0.1) is 6.92 Å². The van der Waals surface area contributed by atoms with Gasteiger partial charge in [0.15, 0.2) is 0 Å². The quantitative estimate of drug-likeness (QED) is 0.787. The zero-order valence-electron chi connectivity index (χ0n) is 10.3. The summed E-state index contributed by atoms with van der Waals surface area (Å²) in [5, 5.41) is 1.06. The van der Waals surface area contributed by atoms with E-state index < -0.39 is 6.04 Å². The molecule has 1 unspecified atom stereocenters. The van der Waals surface area contributed by atoms with Crippen LogP contribution in [0.1, 0.15) is 23.1 Å². The highest BCUT2D eigenvalue weighted by atomic mass is 79.9. The second kappa shape index (κ2) is 4.75. The summed E-state index contributed by atoms with van der Waals surface area (Å²) in [7, 11) is 0. The van der Waals surface area contributed by atoms with Crippen molar-refractivity contribution in [1.29, 1.82) is 0 Å². The summed E-state index contributed by atoms with van der Waals surface area (Å²) >= 11 is 3.46. The lowest BCUT2D eigenvalue weighted by molar-refractivity contribution is 0.516. The monoisotopic (exact) mass is 317 g/mol. The van der Waals surface area contributed by atoms with Crippen molar-refractivity contribution >= 4 is 26.9 Å². The van der Waals surface area contributed by atoms with E-state index >= 15 is 0 Å². The lowest BCUT2D eigenvalue weighted by Gasteiger charge is -2.08. The maximum absolute atomic E-state index is 6.21. The van der Waals surface area contributed by atoms with E-state index in [0.717, 1.165) is 26.8 Å². The van der Waals surface area contributed by atoms with Crippen LogP contribution in [0.4, 0.5) is 0 Å². The average molecular weight is 318 g/mol. The first-order valence-corrected chi connectivity index (χ1v) is 6.66. The van der Waals surface area contributed by atoms with Gasteiger partial charge in [0.1, 0.15) is 17.4 Å². The van der Waals surface area contributed by atoms with Gasteiger partial charge in [0.05, 0.1) is 11.9 Å². The van der Waals surface area contributed by atoms with Crippen molar-refractivity contribution in [1.82, 2.24) is 9.97 Å². The molecule has 96 valence electrons.